The highest BCUT2D eigenvalue weighted by Crippen LogP contribution is 2.50. The maximum Gasteiger partial charge on any atom is 0.360 e. The van der Waals surface area contributed by atoms with Gasteiger partial charge in [-0.2, -0.15) is 0 Å². The van der Waals surface area contributed by atoms with E-state index in [1.54, 1.807) is 6.07 Å². The van der Waals surface area contributed by atoms with Gasteiger partial charge in [-0.05, 0) is 62.8 Å². The minimum absolute atomic E-state index is 0. The maximum absolute atomic E-state index is 12.7. The van der Waals surface area contributed by atoms with Crippen molar-refractivity contribution < 1.29 is 15.4 Å². The number of benzene rings is 1. The molecule has 1 amide bonds. The van der Waals surface area contributed by atoms with Crippen LogP contribution >= 0.6 is 0 Å². The number of anilines is 1. The van der Waals surface area contributed by atoms with E-state index in [-0.39, 0.29) is 19.1 Å². The van der Waals surface area contributed by atoms with Gasteiger partial charge in [0, 0.05) is 31.0 Å². The van der Waals surface area contributed by atoms with Gasteiger partial charge in [-0.25, -0.2) is 4.79 Å². The van der Waals surface area contributed by atoms with Crippen LogP contribution in [0.15, 0.2) is 51.2 Å². The Morgan fingerprint density at radius 1 is 1.21 bits per heavy atom. The number of ether oxygens (including phenoxy) is 1. The molecule has 5 rings (SSSR count). The third-order valence-electron chi connectivity index (χ3n) is 6.96. The molecule has 2 aliphatic carbocycles. The number of hydrogen-bond donors (Lipinski definition) is 1. The third-order valence-corrected chi connectivity index (χ3v) is 6.96. The van der Waals surface area contributed by atoms with E-state index >= 15 is 0 Å². The molecule has 0 radical (unpaired) electrons. The molecule has 0 spiro atoms. The van der Waals surface area contributed by atoms with Crippen LogP contribution in [0.25, 0.3) is 11.0 Å². The first kappa shape index (κ1) is 23.3. The molecule has 178 valence electrons. The fraction of sp³-hybridized carbons (Fsp3) is 0.481. The topological polar surface area (TPSA) is 71.8 Å². The van der Waals surface area contributed by atoms with E-state index < -0.39 is 5.63 Å². The second-order valence-corrected chi connectivity index (χ2v) is 9.12. The first-order chi connectivity index (χ1) is 15.9. The summed E-state index contributed by atoms with van der Waals surface area (Å²) in [5.41, 5.74) is 1.50. The van der Waals surface area contributed by atoms with E-state index in [2.05, 4.69) is 30.3 Å². The van der Waals surface area contributed by atoms with Gasteiger partial charge in [0.15, 0.2) is 0 Å². The summed E-state index contributed by atoms with van der Waals surface area (Å²) in [6.07, 6.45) is 8.07. The summed E-state index contributed by atoms with van der Waals surface area (Å²) in [6, 6.07) is 5.48. The first-order valence-corrected chi connectivity index (χ1v) is 12.0. The number of rotatable bonds is 4. The quantitative estimate of drug-likeness (QED) is 0.649. The van der Waals surface area contributed by atoms with Crippen LogP contribution in [-0.4, -0.2) is 37.0 Å². The molecule has 2 fully saturated rings. The second-order valence-electron chi connectivity index (χ2n) is 9.12. The fourth-order valence-corrected chi connectivity index (χ4v) is 4.72. The highest BCUT2D eigenvalue weighted by atomic mass is 16.5. The highest BCUT2D eigenvalue weighted by molar-refractivity contribution is 6.06. The Kier molecular flexibility index (Phi) is 6.75. The van der Waals surface area contributed by atoms with Crippen molar-refractivity contribution in [2.24, 2.45) is 17.8 Å². The summed E-state index contributed by atoms with van der Waals surface area (Å²) in [5.74, 6) is 2.04. The largest absolute Gasteiger partial charge is 0.490 e. The fourth-order valence-electron chi connectivity index (χ4n) is 4.72. The van der Waals surface area contributed by atoms with Gasteiger partial charge in [0.05, 0.1) is 0 Å². The van der Waals surface area contributed by atoms with Crippen LogP contribution in [0, 0.1) is 24.7 Å². The monoisotopic (exact) mass is 452 g/mol. The van der Waals surface area contributed by atoms with Crippen molar-refractivity contribution in [2.45, 2.75) is 46.6 Å². The van der Waals surface area contributed by atoms with Crippen molar-refractivity contribution in [3.8, 4) is 5.75 Å². The molecular formula is C27H36N2O4. The molecule has 0 bridgehead atoms. The molecule has 33 heavy (non-hydrogen) atoms. The number of likely N-dealkylation sites (tertiary alicyclic amines) is 1. The normalized spacial score (nSPS) is 24.4. The third kappa shape index (κ3) is 4.76. The predicted octanol–water partition coefficient (Wildman–Crippen LogP) is 5.16. The van der Waals surface area contributed by atoms with Crippen LogP contribution in [0.3, 0.4) is 0 Å². The number of amides is 1. The number of piperidine rings is 1. The molecule has 1 N–H and O–H groups in total. The molecule has 6 nitrogen and oxygen atoms in total. The van der Waals surface area contributed by atoms with Crippen LogP contribution in [0.5, 0.6) is 5.75 Å². The summed E-state index contributed by atoms with van der Waals surface area (Å²) < 4.78 is 11.8. The molecule has 1 aromatic carbocycles. The van der Waals surface area contributed by atoms with E-state index in [9.17, 15) is 9.59 Å². The molecule has 3 unspecified atom stereocenters. The molecular weight excluding hydrogens is 416 g/mol. The van der Waals surface area contributed by atoms with Crippen molar-refractivity contribution >= 4 is 22.6 Å². The SMILES string of the molecule is CC.Cc1c(OC2CCN(C)CC2)ccc2cc(NC(=O)C3=CC4C(C)C4C=C3)c(=O)oc12.[HH]. The van der Waals surface area contributed by atoms with Crippen molar-refractivity contribution in [2.75, 3.05) is 25.5 Å². The van der Waals surface area contributed by atoms with Crippen LogP contribution < -0.4 is 15.7 Å². The summed E-state index contributed by atoms with van der Waals surface area (Å²) in [5, 5.41) is 3.49. The number of nitrogens with one attached hydrogen (secondary N) is 1. The zero-order valence-corrected chi connectivity index (χ0v) is 20.2. The van der Waals surface area contributed by atoms with E-state index in [0.29, 0.717) is 28.9 Å². The van der Waals surface area contributed by atoms with Crippen molar-refractivity contribution in [1.29, 1.82) is 0 Å². The smallest absolute Gasteiger partial charge is 0.360 e. The number of carbonyl (C=O) groups is 1. The van der Waals surface area contributed by atoms with E-state index in [4.69, 9.17) is 9.15 Å². The lowest BCUT2D eigenvalue weighted by Gasteiger charge is -2.29. The minimum Gasteiger partial charge on any atom is -0.490 e. The minimum atomic E-state index is -0.557. The Labute approximate surface area is 196 Å². The van der Waals surface area contributed by atoms with E-state index in [1.807, 2.05) is 45.1 Å². The Morgan fingerprint density at radius 2 is 1.94 bits per heavy atom. The van der Waals surface area contributed by atoms with Gasteiger partial charge in [-0.1, -0.05) is 39.0 Å². The number of fused-ring (bicyclic) bond motifs is 2. The van der Waals surface area contributed by atoms with Crippen molar-refractivity contribution in [3.05, 3.63) is 58.0 Å². The summed E-state index contributed by atoms with van der Waals surface area (Å²) in [4.78, 5) is 27.6. The van der Waals surface area contributed by atoms with Crippen LogP contribution in [0.1, 0.15) is 40.6 Å². The highest BCUT2D eigenvalue weighted by Gasteiger charge is 2.45. The molecule has 2 heterocycles. The predicted molar refractivity (Wildman–Crippen MR) is 134 cm³/mol. The van der Waals surface area contributed by atoms with E-state index in [1.165, 1.54) is 0 Å². The number of allylic oxidation sites excluding steroid dienone is 2. The number of hydrogen-bond acceptors (Lipinski definition) is 5. The maximum atomic E-state index is 12.7. The number of nitrogens with zero attached hydrogens (tertiary/aromatic N) is 1. The Bertz CT molecular complexity index is 1160. The zero-order valence-electron chi connectivity index (χ0n) is 20.2. The van der Waals surface area contributed by atoms with Crippen LogP contribution in [0.2, 0.25) is 0 Å². The lowest BCUT2D eigenvalue weighted by Crippen LogP contribution is -2.35. The lowest BCUT2D eigenvalue weighted by molar-refractivity contribution is -0.112. The molecule has 1 aliphatic heterocycles. The van der Waals surface area contributed by atoms with Gasteiger partial charge in [-0.15, -0.1) is 0 Å². The van der Waals surface area contributed by atoms with Gasteiger partial charge in [-0.3, -0.25) is 4.79 Å². The Hall–Kier alpha value is -2.86. The Morgan fingerprint density at radius 3 is 2.64 bits per heavy atom. The number of carbonyl (C=O) groups excluding carboxylic acids is 1. The second kappa shape index (κ2) is 9.56. The van der Waals surface area contributed by atoms with Gasteiger partial charge in [0.2, 0.25) is 0 Å². The average molecular weight is 453 g/mol. The zero-order chi connectivity index (χ0) is 23.7. The molecule has 3 atom stereocenters. The summed E-state index contributed by atoms with van der Waals surface area (Å²) >= 11 is 0. The molecule has 1 saturated heterocycles. The van der Waals surface area contributed by atoms with Crippen molar-refractivity contribution in [3.63, 3.8) is 0 Å². The average Bonchev–Trinajstić information content (AvgIpc) is 3.48. The Balaban J connectivity index is 0.00000105. The van der Waals surface area contributed by atoms with Gasteiger partial charge >= 0.3 is 5.63 Å². The molecule has 3 aliphatic rings. The standard InChI is InChI=1S/C25H28N2O4.C2H6.H2/c1-14-19-6-4-17(12-20(14)19)24(28)26-21-13-16-5-7-22(15(2)23(16)31-25(21)29)30-18-8-10-27(3)11-9-18;1-2;/h4-7,12-14,18-20H,8-11H2,1-3H3,(H,26,28);1-2H3;1H. The first-order valence-electron chi connectivity index (χ1n) is 12.0. The van der Waals surface area contributed by atoms with Crippen molar-refractivity contribution in [1.82, 2.24) is 4.90 Å². The molecule has 2 aromatic rings. The molecule has 6 heteroatoms. The van der Waals surface area contributed by atoms with Gasteiger partial charge in [0.25, 0.3) is 5.91 Å². The van der Waals surface area contributed by atoms with Crippen LogP contribution in [0.4, 0.5) is 5.69 Å². The van der Waals surface area contributed by atoms with Crippen LogP contribution in [-0.2, 0) is 4.79 Å². The summed E-state index contributed by atoms with van der Waals surface area (Å²) in [6.45, 7) is 10.1. The summed E-state index contributed by atoms with van der Waals surface area (Å²) in [7, 11) is 2.12. The molecule has 1 aromatic heterocycles. The van der Waals surface area contributed by atoms with Gasteiger partial charge in [0.1, 0.15) is 23.1 Å². The lowest BCUT2D eigenvalue weighted by atomic mass is 10.1. The van der Waals surface area contributed by atoms with Gasteiger partial charge < -0.3 is 19.4 Å². The number of aryl methyl sites for hydroxylation is 1. The van der Waals surface area contributed by atoms with E-state index in [0.717, 1.165) is 42.6 Å². The molecule has 1 saturated carbocycles.